The number of aliphatic hydroxyl groups excluding tert-OH is 2. The Morgan fingerprint density at radius 2 is 1.78 bits per heavy atom. The molecule has 7 unspecified atom stereocenters. The van der Waals surface area contributed by atoms with Crippen LogP contribution in [-0.2, 0) is 18.9 Å². The van der Waals surface area contributed by atoms with Gasteiger partial charge in [0.1, 0.15) is 6.10 Å². The number of nitrogens with zero attached hydrogens (tertiary/aromatic N) is 1. The highest BCUT2D eigenvalue weighted by Crippen LogP contribution is 2.87. The van der Waals surface area contributed by atoms with Crippen molar-refractivity contribution in [3.05, 3.63) is 0 Å². The third kappa shape index (κ3) is 4.21. The van der Waals surface area contributed by atoms with E-state index in [1.807, 2.05) is 0 Å². The van der Waals surface area contributed by atoms with Crippen molar-refractivity contribution in [3.63, 3.8) is 0 Å². The first kappa shape index (κ1) is 32.5. The molecule has 0 radical (unpaired) electrons. The normalized spacial score (nSPS) is 52.4. The van der Waals surface area contributed by atoms with Crippen LogP contribution in [0.1, 0.15) is 92.9 Å². The summed E-state index contributed by atoms with van der Waals surface area (Å²) in [7, 11) is 1.41. The van der Waals surface area contributed by atoms with E-state index in [4.69, 9.17) is 24.7 Å². The smallest absolute Gasteiger partial charge is 0.409 e. The topological polar surface area (TPSA) is 144 Å². The molecule has 0 aromatic rings. The minimum absolute atomic E-state index is 0.0268. The van der Waals surface area contributed by atoms with Gasteiger partial charge in [-0.1, -0.05) is 27.7 Å². The number of ether oxygens (including phenoxy) is 4. The van der Waals surface area contributed by atoms with E-state index in [1.54, 1.807) is 18.7 Å². The first-order valence-electron chi connectivity index (χ1n) is 17.6. The lowest BCUT2D eigenvalue weighted by atomic mass is 9.43. The number of carbonyl (C=O) groups is 1. The van der Waals surface area contributed by atoms with E-state index in [-0.39, 0.29) is 51.6 Å². The Hall–Kier alpha value is -1.01. The summed E-state index contributed by atoms with van der Waals surface area (Å²) < 4.78 is 24.2. The average molecular weight is 635 g/mol. The molecule has 10 nitrogen and oxygen atoms in total. The fourth-order valence-electron chi connectivity index (χ4n) is 13.0. The zero-order chi connectivity index (χ0) is 32.5. The van der Waals surface area contributed by atoms with E-state index in [1.165, 1.54) is 7.11 Å². The molecule has 2 heterocycles. The van der Waals surface area contributed by atoms with E-state index in [9.17, 15) is 20.1 Å². The lowest BCUT2D eigenvalue weighted by Crippen LogP contribution is -2.70. The number of amides is 1. The molecular weight excluding hydrogens is 576 g/mol. The van der Waals surface area contributed by atoms with Gasteiger partial charge in [0, 0.05) is 6.54 Å². The van der Waals surface area contributed by atoms with E-state index in [0.717, 1.165) is 44.9 Å². The number of nitrogens with two attached hydrogens (primary N) is 1. The van der Waals surface area contributed by atoms with Crippen molar-refractivity contribution < 1.29 is 39.1 Å². The van der Waals surface area contributed by atoms with Crippen LogP contribution in [0, 0.1) is 45.3 Å². The molecule has 10 heteroatoms. The van der Waals surface area contributed by atoms with Crippen molar-refractivity contribution in [1.82, 2.24) is 4.90 Å². The van der Waals surface area contributed by atoms with Crippen LogP contribution in [-0.4, -0.2) is 101 Å². The SMILES string of the molecule is COC(=O)N1CCOC(O[C@H]2CCC34CC35CCC3(C)[C@@H]6C(OC([C@H](O)C(C)(C)O)C[C@H]6C)[C@H](O)[C@@]3(N)C5CC[C@H]4C2(C)C)C1. The van der Waals surface area contributed by atoms with Crippen LogP contribution < -0.4 is 5.73 Å². The summed E-state index contributed by atoms with van der Waals surface area (Å²) in [6.07, 6.45) is 4.33. The summed E-state index contributed by atoms with van der Waals surface area (Å²) in [6.45, 7) is 13.8. The average Bonchev–Trinajstić information content (AvgIpc) is 3.62. The summed E-state index contributed by atoms with van der Waals surface area (Å²) >= 11 is 0. The predicted molar refractivity (Wildman–Crippen MR) is 166 cm³/mol. The van der Waals surface area contributed by atoms with Crippen molar-refractivity contribution in [3.8, 4) is 0 Å². The second kappa shape index (κ2) is 10.3. The van der Waals surface area contributed by atoms with Gasteiger partial charge in [-0.15, -0.1) is 0 Å². The summed E-state index contributed by atoms with van der Waals surface area (Å²) in [4.78, 5) is 13.8. The quantitative estimate of drug-likeness (QED) is 0.366. The Bertz CT molecular complexity index is 1190. The highest BCUT2D eigenvalue weighted by molar-refractivity contribution is 5.67. The molecular formula is C35H58N2O8. The number of rotatable bonds is 4. The molecule has 256 valence electrons. The Morgan fingerprint density at radius 1 is 1.09 bits per heavy atom. The Balaban J connectivity index is 1.12. The van der Waals surface area contributed by atoms with Crippen LogP contribution in [0.5, 0.6) is 0 Å². The fraction of sp³-hybridized carbons (Fsp3) is 0.971. The highest BCUT2D eigenvalue weighted by Gasteiger charge is 2.85. The van der Waals surface area contributed by atoms with Crippen LogP contribution in [0.4, 0.5) is 4.79 Å². The molecule has 14 atom stereocenters. The molecule has 5 aliphatic carbocycles. The van der Waals surface area contributed by atoms with Crippen molar-refractivity contribution in [2.75, 3.05) is 26.8 Å². The standard InChI is InChI=1S/C35H58N2O8/c1-19-16-20(27(38)31(4,5)41)44-26-25(19)32(6)12-13-34-18-33(34)11-10-23(45-24-17-37(14-15-43-24)29(40)42-7)30(2,3)21(33)8-9-22(34)35(32,36)28(26)39/h19-28,38-39,41H,8-18,36H2,1-7H3/t19-,20?,21+,22?,23+,24?,25+,26?,27+,28+,32?,33?,34?,35+/m1/s1. The lowest BCUT2D eigenvalue weighted by Gasteiger charge is -2.63. The first-order valence-corrected chi connectivity index (χ1v) is 17.6. The monoisotopic (exact) mass is 634 g/mol. The van der Waals surface area contributed by atoms with E-state index < -0.39 is 41.8 Å². The zero-order valence-corrected chi connectivity index (χ0v) is 28.5. The van der Waals surface area contributed by atoms with E-state index in [0.29, 0.717) is 32.0 Å². The number of hydrogen-bond donors (Lipinski definition) is 4. The number of aliphatic hydroxyl groups is 3. The fourth-order valence-corrected chi connectivity index (χ4v) is 13.0. The Morgan fingerprint density at radius 3 is 2.47 bits per heavy atom. The van der Waals surface area contributed by atoms with Crippen molar-refractivity contribution in [2.45, 2.75) is 141 Å². The molecule has 0 aromatic heterocycles. The Labute approximate surface area is 268 Å². The molecule has 2 saturated heterocycles. The van der Waals surface area contributed by atoms with E-state index in [2.05, 4.69) is 27.7 Å². The second-order valence-electron chi connectivity index (χ2n) is 17.6. The van der Waals surface area contributed by atoms with Gasteiger partial charge >= 0.3 is 6.09 Å². The minimum atomic E-state index is -1.29. The summed E-state index contributed by atoms with van der Waals surface area (Å²) in [5.41, 5.74) is 5.59. The van der Waals surface area contributed by atoms with Crippen molar-refractivity contribution >= 4 is 6.09 Å². The largest absolute Gasteiger partial charge is 0.453 e. The molecule has 7 fully saturated rings. The van der Waals surface area contributed by atoms with Gasteiger partial charge in [0.25, 0.3) is 0 Å². The van der Waals surface area contributed by atoms with Gasteiger partial charge in [-0.3, -0.25) is 0 Å². The minimum Gasteiger partial charge on any atom is -0.453 e. The highest BCUT2D eigenvalue weighted by atomic mass is 16.7. The van der Waals surface area contributed by atoms with Gasteiger partial charge in [-0.2, -0.15) is 0 Å². The Kier molecular flexibility index (Phi) is 7.41. The lowest BCUT2D eigenvalue weighted by molar-refractivity contribution is -0.243. The number of carbonyl (C=O) groups excluding carboxylic acids is 1. The molecule has 0 bridgehead atoms. The van der Waals surface area contributed by atoms with E-state index >= 15 is 0 Å². The third-order valence-corrected chi connectivity index (χ3v) is 15.1. The maximum Gasteiger partial charge on any atom is 0.409 e. The third-order valence-electron chi connectivity index (χ3n) is 15.1. The summed E-state index contributed by atoms with van der Waals surface area (Å²) in [5, 5.41) is 33.8. The van der Waals surface area contributed by atoms with Gasteiger partial charge in [0.2, 0.25) is 0 Å². The second-order valence-corrected chi connectivity index (χ2v) is 17.6. The van der Waals surface area contributed by atoms with Gasteiger partial charge in [0.05, 0.1) is 55.8 Å². The number of hydrogen-bond acceptors (Lipinski definition) is 9. The molecule has 45 heavy (non-hydrogen) atoms. The summed E-state index contributed by atoms with van der Waals surface area (Å²) in [6, 6.07) is 0. The van der Waals surface area contributed by atoms with Crippen LogP contribution in [0.3, 0.4) is 0 Å². The maximum absolute atomic E-state index is 12.3. The van der Waals surface area contributed by atoms with Gasteiger partial charge in [0.15, 0.2) is 6.29 Å². The summed E-state index contributed by atoms with van der Waals surface area (Å²) in [5.74, 6) is 0.999. The van der Waals surface area contributed by atoms with Crippen molar-refractivity contribution in [1.29, 1.82) is 0 Å². The predicted octanol–water partition coefficient (Wildman–Crippen LogP) is 3.43. The van der Waals surface area contributed by atoms with Gasteiger partial charge in [-0.05, 0) is 111 Å². The molecule has 7 aliphatic rings. The molecule has 0 aromatic carbocycles. The molecule has 2 spiro atoms. The number of methoxy groups -OCH3 is 1. The molecule has 5 N–H and O–H groups in total. The van der Waals surface area contributed by atoms with Gasteiger partial charge in [-0.25, -0.2) is 4.79 Å². The molecule has 5 saturated carbocycles. The van der Waals surface area contributed by atoms with Crippen LogP contribution in [0.25, 0.3) is 0 Å². The zero-order valence-electron chi connectivity index (χ0n) is 28.5. The molecule has 7 rings (SSSR count). The van der Waals surface area contributed by atoms with Crippen LogP contribution in [0.2, 0.25) is 0 Å². The molecule has 2 aliphatic heterocycles. The molecule has 1 amide bonds. The van der Waals surface area contributed by atoms with Crippen LogP contribution in [0.15, 0.2) is 0 Å². The number of fused-ring (bicyclic) bond motifs is 4. The maximum atomic E-state index is 12.3. The van der Waals surface area contributed by atoms with Crippen molar-refractivity contribution in [2.24, 2.45) is 51.1 Å². The van der Waals surface area contributed by atoms with Gasteiger partial charge < -0.3 is 44.9 Å². The number of morpholine rings is 1. The van der Waals surface area contributed by atoms with Crippen LogP contribution >= 0.6 is 0 Å². The first-order chi connectivity index (χ1) is 21.0.